The summed E-state index contributed by atoms with van der Waals surface area (Å²) in [5.74, 6) is -16.5. The van der Waals surface area contributed by atoms with E-state index in [0.717, 1.165) is 12.5 Å². The molecule has 11 atom stereocenters. The molecule has 0 aliphatic carbocycles. The molecule has 0 bridgehead atoms. The Bertz CT molecular complexity index is 1790. The molecule has 344 valence electrons. The van der Waals surface area contributed by atoms with E-state index in [0.29, 0.717) is 0 Å². The molecule has 6 amide bonds. The highest BCUT2D eigenvalue weighted by atomic mass is 16.4. The number of carbonyl (C=O) groups excluding carboxylic acids is 9. The molecular formula is C39H57N7O16. The van der Waals surface area contributed by atoms with Gasteiger partial charge in [-0.3, -0.25) is 43.2 Å². The van der Waals surface area contributed by atoms with Crippen molar-refractivity contribution in [1.82, 2.24) is 31.9 Å². The molecule has 1 aromatic carbocycles. The first-order valence-corrected chi connectivity index (χ1v) is 19.7. The lowest BCUT2D eigenvalue weighted by molar-refractivity contribution is -0.148. The van der Waals surface area contributed by atoms with Crippen LogP contribution < -0.4 is 37.6 Å². The molecule has 1 aromatic rings. The van der Waals surface area contributed by atoms with Crippen molar-refractivity contribution in [3.05, 3.63) is 35.9 Å². The number of nitrogens with two attached hydrogens (primary N) is 1. The van der Waals surface area contributed by atoms with Crippen LogP contribution in [0.4, 0.5) is 0 Å². The number of aliphatic hydroxyl groups is 5. The summed E-state index contributed by atoms with van der Waals surface area (Å²) < 4.78 is 0. The Kier molecular flexibility index (Phi) is 20.8. The number of ketones is 3. The summed E-state index contributed by atoms with van der Waals surface area (Å²) in [4.78, 5) is 131. The normalized spacial score (nSPS) is 26.3. The number of Topliss-reactive ketones (excluding diaryl/α,β-unsaturated/α-hetero) is 3. The second kappa shape index (κ2) is 24.7. The highest BCUT2D eigenvalue weighted by Gasteiger charge is 2.41. The van der Waals surface area contributed by atoms with Crippen LogP contribution in [-0.4, -0.2) is 157 Å². The quantitative estimate of drug-likeness (QED) is 0.0822. The lowest BCUT2D eigenvalue weighted by Gasteiger charge is -2.30. The van der Waals surface area contributed by atoms with Crippen molar-refractivity contribution in [1.29, 1.82) is 0 Å². The van der Waals surface area contributed by atoms with E-state index in [-0.39, 0.29) is 6.54 Å². The number of hydrogen-bond acceptors (Lipinski definition) is 16. The van der Waals surface area contributed by atoms with Crippen molar-refractivity contribution in [3.8, 4) is 0 Å². The largest absolute Gasteiger partial charge is 0.479 e. The van der Waals surface area contributed by atoms with Crippen LogP contribution in [0.15, 0.2) is 30.3 Å². The maximum atomic E-state index is 13.8. The van der Waals surface area contributed by atoms with Gasteiger partial charge in [-0.2, -0.15) is 0 Å². The van der Waals surface area contributed by atoms with Crippen LogP contribution in [0.1, 0.15) is 58.9 Å². The van der Waals surface area contributed by atoms with Crippen LogP contribution >= 0.6 is 0 Å². The molecule has 0 spiro atoms. The van der Waals surface area contributed by atoms with E-state index >= 15 is 0 Å². The Morgan fingerprint density at radius 1 is 0.790 bits per heavy atom. The van der Waals surface area contributed by atoms with Gasteiger partial charge in [0.2, 0.25) is 35.6 Å². The monoisotopic (exact) mass is 879 g/mol. The first kappa shape index (κ1) is 52.4. The number of carbonyl (C=O) groups is 10. The lowest BCUT2D eigenvalue weighted by Crippen LogP contribution is -2.62. The molecule has 62 heavy (non-hydrogen) atoms. The van der Waals surface area contributed by atoms with E-state index in [1.54, 1.807) is 35.6 Å². The third-order valence-corrected chi connectivity index (χ3v) is 10.1. The van der Waals surface area contributed by atoms with Gasteiger partial charge in [0, 0.05) is 44.2 Å². The molecular weight excluding hydrogens is 822 g/mol. The zero-order valence-electron chi connectivity index (χ0n) is 34.6. The zero-order valence-corrected chi connectivity index (χ0v) is 34.6. The van der Waals surface area contributed by atoms with E-state index < -0.39 is 170 Å². The summed E-state index contributed by atoms with van der Waals surface area (Å²) in [6, 6.07) is -0.346. The minimum absolute atomic E-state index is 0.259. The van der Waals surface area contributed by atoms with Gasteiger partial charge in [-0.05, 0) is 31.7 Å². The fourth-order valence-electron chi connectivity index (χ4n) is 6.17. The highest BCUT2D eigenvalue weighted by Crippen LogP contribution is 2.21. The van der Waals surface area contributed by atoms with Crippen molar-refractivity contribution in [2.24, 2.45) is 23.5 Å². The van der Waals surface area contributed by atoms with Gasteiger partial charge < -0.3 is 68.3 Å². The average molecular weight is 880 g/mol. The summed E-state index contributed by atoms with van der Waals surface area (Å²) in [6.07, 6.45) is -12.0. The molecule has 1 aliphatic heterocycles. The second-order valence-corrected chi connectivity index (χ2v) is 15.3. The van der Waals surface area contributed by atoms with Crippen LogP contribution in [0.3, 0.4) is 0 Å². The lowest BCUT2D eigenvalue weighted by atomic mass is 9.84. The number of nitrogens with one attached hydrogen (secondary N) is 6. The van der Waals surface area contributed by atoms with Crippen LogP contribution in [0.5, 0.6) is 0 Å². The van der Waals surface area contributed by atoms with E-state index in [9.17, 15) is 78.6 Å². The van der Waals surface area contributed by atoms with Crippen LogP contribution in [0.2, 0.25) is 0 Å². The van der Waals surface area contributed by atoms with Gasteiger partial charge in [-0.15, -0.1) is 0 Å². The average Bonchev–Trinajstić information content (AvgIpc) is 3.22. The molecule has 0 aromatic heterocycles. The summed E-state index contributed by atoms with van der Waals surface area (Å²) in [7, 11) is 0. The van der Waals surface area contributed by atoms with E-state index in [1.165, 1.54) is 20.8 Å². The first-order valence-electron chi connectivity index (χ1n) is 19.7. The highest BCUT2D eigenvalue weighted by molar-refractivity contribution is 6.06. The number of carboxylic acids is 1. The van der Waals surface area contributed by atoms with Gasteiger partial charge in [-0.1, -0.05) is 44.2 Å². The van der Waals surface area contributed by atoms with Gasteiger partial charge in [0.05, 0.1) is 18.8 Å². The number of aliphatic hydroxyl groups excluding tert-OH is 5. The number of benzene rings is 1. The third-order valence-electron chi connectivity index (χ3n) is 10.1. The van der Waals surface area contributed by atoms with Crippen LogP contribution in [-0.2, 0) is 54.5 Å². The van der Waals surface area contributed by atoms with E-state index in [2.05, 4.69) is 26.6 Å². The molecule has 14 N–H and O–H groups in total. The number of amides is 6. The minimum Gasteiger partial charge on any atom is -0.479 e. The maximum Gasteiger partial charge on any atom is 0.336 e. The Morgan fingerprint density at radius 2 is 1.40 bits per heavy atom. The topological polar surface area (TPSA) is 390 Å². The van der Waals surface area contributed by atoms with Gasteiger partial charge in [-0.25, -0.2) is 4.79 Å². The van der Waals surface area contributed by atoms with Gasteiger partial charge in [0.15, 0.2) is 17.7 Å². The molecule has 1 aliphatic rings. The number of rotatable bonds is 13. The Balaban J connectivity index is 2.58. The summed E-state index contributed by atoms with van der Waals surface area (Å²) in [5, 5.41) is 75.6. The Labute approximate surface area is 355 Å². The van der Waals surface area contributed by atoms with Crippen LogP contribution in [0, 0.1) is 17.8 Å². The fourth-order valence-corrected chi connectivity index (χ4v) is 6.17. The number of primary amides is 1. The van der Waals surface area contributed by atoms with Crippen LogP contribution in [0.25, 0.3) is 0 Å². The smallest absolute Gasteiger partial charge is 0.336 e. The van der Waals surface area contributed by atoms with Gasteiger partial charge in [0.25, 0.3) is 5.91 Å². The second-order valence-electron chi connectivity index (χ2n) is 15.3. The van der Waals surface area contributed by atoms with Gasteiger partial charge in [0.1, 0.15) is 36.1 Å². The Hall–Kier alpha value is -5.72. The molecule has 1 heterocycles. The number of aliphatic carboxylic acids is 1. The van der Waals surface area contributed by atoms with E-state index in [4.69, 9.17) is 5.73 Å². The number of carboxylic acid groups (broad SMARTS) is 1. The van der Waals surface area contributed by atoms with Crippen molar-refractivity contribution >= 4 is 58.8 Å². The third kappa shape index (κ3) is 15.6. The minimum atomic E-state index is -2.48. The van der Waals surface area contributed by atoms with Crippen molar-refractivity contribution < 1.29 is 78.6 Å². The fraction of sp³-hybridized carbons (Fsp3) is 0.590. The Morgan fingerprint density at radius 3 is 1.95 bits per heavy atom. The molecule has 11 unspecified atom stereocenters. The molecule has 2 rings (SSSR count). The molecule has 0 saturated carbocycles. The summed E-state index contributed by atoms with van der Waals surface area (Å²) >= 11 is 0. The van der Waals surface area contributed by atoms with Crippen molar-refractivity contribution in [3.63, 3.8) is 0 Å². The predicted octanol–water partition coefficient (Wildman–Crippen LogP) is -5.58. The molecule has 1 fully saturated rings. The molecule has 0 radical (unpaired) electrons. The molecule has 1 saturated heterocycles. The predicted molar refractivity (Wildman–Crippen MR) is 212 cm³/mol. The number of hydrogen-bond donors (Lipinski definition) is 13. The zero-order chi connectivity index (χ0) is 47.0. The standard InChI is InChI=1S/C39H57N7O16/c1-17(2)22-13-26(51)21(16-47)12-27(52)23(15-42-34(56)18(3)41-14-20-8-6-5-7-9-20)43-38(60)30(39(61)62)46-36(58)25(50)11-10-24(49)28(19(4)48)44-37(59)29(45-35(22)57)31(53)32(54)33(40)55/h5-9,17-19,21-23,25,28-32,41,47-48,50,53-54H,10-16H2,1-4H3,(H2,40,55)(H,42,56)(H,43,60)(H,44,59)(H,45,57)(H,46,58)(H,61,62). The first-order chi connectivity index (χ1) is 29.0. The SMILES string of the molecule is CC(NCc1ccccc1)C(=O)NCC1NC(=O)C(C(=O)O)NC(=O)C(O)CCC(=O)C(C(C)O)NC(=O)C(C(O)C(O)C(N)=O)NC(=O)C(C(C)C)CC(=O)C(CO)CC1=O. The van der Waals surface area contributed by atoms with E-state index in [1.807, 2.05) is 0 Å². The van der Waals surface area contributed by atoms with Crippen molar-refractivity contribution in [2.75, 3.05) is 13.2 Å². The maximum absolute atomic E-state index is 13.8. The summed E-state index contributed by atoms with van der Waals surface area (Å²) in [5.41, 5.74) is 5.93. The molecule has 23 heteroatoms. The summed E-state index contributed by atoms with van der Waals surface area (Å²) in [6.45, 7) is 4.05. The van der Waals surface area contributed by atoms with Gasteiger partial charge >= 0.3 is 5.97 Å². The van der Waals surface area contributed by atoms with Crippen molar-refractivity contribution in [2.45, 2.75) is 115 Å². The molecule has 23 nitrogen and oxygen atoms in total.